The average Bonchev–Trinajstić information content (AvgIpc) is 2.65. The van der Waals surface area contributed by atoms with Crippen molar-refractivity contribution in [2.75, 3.05) is 17.4 Å². The zero-order valence-corrected chi connectivity index (χ0v) is 17.5. The van der Waals surface area contributed by atoms with Gasteiger partial charge in [0.15, 0.2) is 0 Å². The highest BCUT2D eigenvalue weighted by Gasteiger charge is 2.18. The Balaban J connectivity index is 1.84. The molecule has 2 rings (SSSR count). The van der Waals surface area contributed by atoms with E-state index in [-0.39, 0.29) is 17.9 Å². The quantitative estimate of drug-likeness (QED) is 0.426. The Morgan fingerprint density at radius 3 is 2.68 bits per heavy atom. The molecule has 156 valence electrons. The van der Waals surface area contributed by atoms with Crippen molar-refractivity contribution in [2.45, 2.75) is 50.3 Å². The Bertz CT molecular complexity index is 827. The number of nitrogens with one attached hydrogen (secondary N) is 3. The van der Waals surface area contributed by atoms with E-state index in [1.807, 2.05) is 0 Å². The number of thioether (sulfide) groups is 1. The van der Waals surface area contributed by atoms with Gasteiger partial charge in [-0.3, -0.25) is 18.8 Å². The average molecular weight is 430 g/mol. The highest BCUT2D eigenvalue weighted by atomic mass is 32.2. The van der Waals surface area contributed by atoms with Gasteiger partial charge in [0.05, 0.1) is 23.3 Å². The van der Waals surface area contributed by atoms with Crippen molar-refractivity contribution in [3.63, 3.8) is 0 Å². The van der Waals surface area contributed by atoms with Crippen LogP contribution in [0.5, 0.6) is 0 Å². The van der Waals surface area contributed by atoms with Gasteiger partial charge >= 0.3 is 5.69 Å². The molecule has 1 saturated carbocycles. The van der Waals surface area contributed by atoms with E-state index in [2.05, 4.69) is 15.3 Å². The van der Waals surface area contributed by atoms with Crippen molar-refractivity contribution >= 4 is 34.5 Å². The van der Waals surface area contributed by atoms with Crippen LogP contribution in [0.1, 0.15) is 43.4 Å². The molecule has 1 aromatic heterocycles. The molecule has 0 radical (unpaired) electrons. The van der Waals surface area contributed by atoms with Crippen molar-refractivity contribution in [3.8, 4) is 0 Å². The van der Waals surface area contributed by atoms with Crippen molar-refractivity contribution in [1.29, 1.82) is 0 Å². The van der Waals surface area contributed by atoms with Crippen LogP contribution in [0.4, 0.5) is 0 Å². The van der Waals surface area contributed by atoms with E-state index < -0.39 is 34.0 Å². The fraction of sp³-hybridized carbons (Fsp3) is 0.611. The molecule has 1 fully saturated rings. The summed E-state index contributed by atoms with van der Waals surface area (Å²) in [5.74, 6) is -0.338. The molecule has 1 aliphatic rings. The minimum absolute atomic E-state index is 0.169. The fourth-order valence-electron chi connectivity index (χ4n) is 3.04. The predicted octanol–water partition coefficient (Wildman–Crippen LogP) is 0.634. The summed E-state index contributed by atoms with van der Waals surface area (Å²) in [4.78, 5) is 39.5. The Morgan fingerprint density at radius 2 is 2.04 bits per heavy atom. The smallest absolute Gasteiger partial charge is 0.325 e. The molecule has 1 unspecified atom stereocenters. The number of aromatic nitrogens is 2. The molecule has 0 bridgehead atoms. The van der Waals surface area contributed by atoms with Crippen LogP contribution in [0.2, 0.25) is 0 Å². The molecule has 1 amide bonds. The molecule has 1 aromatic rings. The number of H-pyrrole nitrogens is 2. The number of amides is 1. The molecule has 0 aliphatic heterocycles. The maximum Gasteiger partial charge on any atom is 0.325 e. The monoisotopic (exact) mass is 429 g/mol. The summed E-state index contributed by atoms with van der Waals surface area (Å²) in [5.41, 5.74) is -0.692. The van der Waals surface area contributed by atoms with Crippen LogP contribution in [0.15, 0.2) is 15.7 Å². The lowest BCUT2D eigenvalue weighted by Gasteiger charge is -2.21. The number of hydrogen-bond donors (Lipinski definition) is 4. The van der Waals surface area contributed by atoms with E-state index in [1.165, 1.54) is 25.3 Å². The van der Waals surface area contributed by atoms with Crippen molar-refractivity contribution in [2.24, 2.45) is 0 Å². The number of aromatic amines is 2. The van der Waals surface area contributed by atoms with Gasteiger partial charge in [0.25, 0.3) is 5.56 Å². The molecule has 8 nitrogen and oxygen atoms in total. The number of aryl methyl sites for hydroxylation is 1. The van der Waals surface area contributed by atoms with Gasteiger partial charge in [0.2, 0.25) is 5.91 Å². The Labute approximate surface area is 170 Å². The van der Waals surface area contributed by atoms with E-state index in [0.717, 1.165) is 18.9 Å². The van der Waals surface area contributed by atoms with E-state index in [0.29, 0.717) is 16.0 Å². The summed E-state index contributed by atoms with van der Waals surface area (Å²) in [6.45, 7) is 1.23. The molecule has 2 atom stereocenters. The number of carbonyl (C=O) groups is 1. The first-order chi connectivity index (χ1) is 13.4. The molecule has 10 heteroatoms. The molecule has 1 heterocycles. The first-order valence-electron chi connectivity index (χ1n) is 9.28. The molecule has 0 saturated heterocycles. The molecular weight excluding hydrogens is 402 g/mol. The number of rotatable bonds is 9. The maximum atomic E-state index is 12.3. The molecular formula is C18H27N3O5S2. The first kappa shape index (κ1) is 22.6. The van der Waals surface area contributed by atoms with Gasteiger partial charge in [-0.2, -0.15) is 0 Å². The molecule has 4 N–H and O–H groups in total. The van der Waals surface area contributed by atoms with Gasteiger partial charge in [-0.25, -0.2) is 4.79 Å². The van der Waals surface area contributed by atoms with Gasteiger partial charge < -0.3 is 15.4 Å². The van der Waals surface area contributed by atoms with Crippen LogP contribution < -0.4 is 16.6 Å². The largest absolute Gasteiger partial charge is 0.394 e. The third-order valence-corrected chi connectivity index (χ3v) is 7.83. The third kappa shape index (κ3) is 7.40. The summed E-state index contributed by atoms with van der Waals surface area (Å²) < 4.78 is 12.3. The van der Waals surface area contributed by atoms with Crippen LogP contribution in [0, 0.1) is 6.92 Å². The second kappa shape index (κ2) is 11.4. The molecule has 0 aromatic carbocycles. The second-order valence-electron chi connectivity index (χ2n) is 6.82. The number of hydrogen-bond acceptors (Lipinski definition) is 6. The van der Waals surface area contributed by atoms with Gasteiger partial charge in [-0.05, 0) is 25.8 Å². The Hall–Kier alpha value is -1.65. The number of carbonyl (C=O) groups excluding carboxylic acids is 1. The molecule has 0 spiro atoms. The molecule has 1 aliphatic carbocycles. The van der Waals surface area contributed by atoms with Gasteiger partial charge in [-0.1, -0.05) is 19.3 Å². The Kier molecular flexibility index (Phi) is 9.20. The SMILES string of the molecule is Cc1[nH]c(=O)[nH]c(=O)c1/C=C/C(=O)N[C@@H](CO)CS(=O)CSC1CCCCC1. The summed E-state index contributed by atoms with van der Waals surface area (Å²) in [5, 5.41) is 13.1. The topological polar surface area (TPSA) is 132 Å². The highest BCUT2D eigenvalue weighted by Crippen LogP contribution is 2.28. The fourth-order valence-corrected chi connectivity index (χ4v) is 6.10. The first-order valence-corrected chi connectivity index (χ1v) is 11.8. The zero-order valence-electron chi connectivity index (χ0n) is 15.9. The third-order valence-electron chi connectivity index (χ3n) is 4.52. The Morgan fingerprint density at radius 1 is 1.32 bits per heavy atom. The van der Waals surface area contributed by atoms with Crippen LogP contribution in [-0.2, 0) is 15.6 Å². The van der Waals surface area contributed by atoms with Crippen LogP contribution in [-0.4, -0.2) is 53.9 Å². The van der Waals surface area contributed by atoms with E-state index in [9.17, 15) is 23.7 Å². The lowest BCUT2D eigenvalue weighted by molar-refractivity contribution is -0.117. The lowest BCUT2D eigenvalue weighted by Crippen LogP contribution is -2.40. The predicted molar refractivity (Wildman–Crippen MR) is 113 cm³/mol. The zero-order chi connectivity index (χ0) is 20.5. The van der Waals surface area contributed by atoms with E-state index in [4.69, 9.17) is 0 Å². The van der Waals surface area contributed by atoms with Crippen molar-refractivity contribution < 1.29 is 14.1 Å². The van der Waals surface area contributed by atoms with Gasteiger partial charge in [0.1, 0.15) is 0 Å². The van der Waals surface area contributed by atoms with E-state index >= 15 is 0 Å². The number of aliphatic hydroxyl groups excluding tert-OH is 1. The lowest BCUT2D eigenvalue weighted by atomic mass is 10.0. The van der Waals surface area contributed by atoms with Crippen LogP contribution in [0.25, 0.3) is 6.08 Å². The van der Waals surface area contributed by atoms with Gasteiger partial charge in [-0.15, -0.1) is 11.8 Å². The normalized spacial score (nSPS) is 17.5. The van der Waals surface area contributed by atoms with Crippen LogP contribution >= 0.6 is 11.8 Å². The summed E-state index contributed by atoms with van der Waals surface area (Å²) >= 11 is 1.71. The van der Waals surface area contributed by atoms with Crippen molar-refractivity contribution in [1.82, 2.24) is 15.3 Å². The standard InChI is InChI=1S/C18H27N3O5S2/c1-12-15(17(24)21-18(25)19-12)7-8-16(23)20-13(9-22)10-28(26)11-27-14-5-3-2-4-6-14/h7-8,13-14,22H,2-6,9-11H2,1H3,(H,20,23)(H2,19,21,24,25)/b8-7+/t13-,28?/m0/s1. The second-order valence-corrected chi connectivity index (χ2v) is 9.98. The summed E-state index contributed by atoms with van der Waals surface area (Å²) in [7, 11) is -1.15. The van der Waals surface area contributed by atoms with Gasteiger partial charge in [0, 0.05) is 33.6 Å². The highest BCUT2D eigenvalue weighted by molar-refractivity contribution is 8.10. The van der Waals surface area contributed by atoms with E-state index in [1.54, 1.807) is 18.7 Å². The molecule has 28 heavy (non-hydrogen) atoms. The van der Waals surface area contributed by atoms with Crippen molar-refractivity contribution in [3.05, 3.63) is 38.2 Å². The maximum absolute atomic E-state index is 12.3. The minimum Gasteiger partial charge on any atom is -0.394 e. The van der Waals surface area contributed by atoms with Crippen LogP contribution in [0.3, 0.4) is 0 Å². The summed E-state index contributed by atoms with van der Waals surface area (Å²) in [6.07, 6.45) is 8.50. The summed E-state index contributed by atoms with van der Waals surface area (Å²) in [6, 6.07) is -0.625. The minimum atomic E-state index is -1.15. The number of aliphatic hydroxyl groups is 1.